The Kier molecular flexibility index (Phi) is 3.96. The van der Waals surface area contributed by atoms with Gasteiger partial charge in [-0.3, -0.25) is 0 Å². The molecule has 0 amide bonds. The molecule has 0 N–H and O–H groups in total. The second kappa shape index (κ2) is 6.26. The van der Waals surface area contributed by atoms with Crippen molar-refractivity contribution < 1.29 is 0 Å². The van der Waals surface area contributed by atoms with Crippen LogP contribution in [0.2, 0.25) is 5.15 Å². The van der Waals surface area contributed by atoms with Gasteiger partial charge in [-0.1, -0.05) is 71.9 Å². The minimum absolute atomic E-state index is 0.422. The van der Waals surface area contributed by atoms with Crippen LogP contribution in [0, 0.1) is 0 Å². The average molecular weight is 353 g/mol. The lowest BCUT2D eigenvalue weighted by molar-refractivity contribution is 0.880. The van der Waals surface area contributed by atoms with Crippen molar-refractivity contribution in [2.45, 2.75) is 5.16 Å². The Bertz CT molecular complexity index is 1000. The van der Waals surface area contributed by atoms with Gasteiger partial charge in [0, 0.05) is 5.56 Å². The SMILES string of the molecule is CSc1nc(Cl)c2c(-c3ccccc3)nn(-c3ccccc3)c2n1. The topological polar surface area (TPSA) is 43.6 Å². The van der Waals surface area contributed by atoms with Crippen LogP contribution in [0.5, 0.6) is 0 Å². The highest BCUT2D eigenvalue weighted by molar-refractivity contribution is 7.98. The molecule has 24 heavy (non-hydrogen) atoms. The number of para-hydroxylation sites is 1. The predicted octanol–water partition coefficient (Wildman–Crippen LogP) is 4.86. The van der Waals surface area contributed by atoms with Crippen molar-refractivity contribution in [2.24, 2.45) is 0 Å². The monoisotopic (exact) mass is 352 g/mol. The molecule has 0 aliphatic carbocycles. The normalized spacial score (nSPS) is 11.1. The maximum Gasteiger partial charge on any atom is 0.190 e. The number of nitrogens with zero attached hydrogens (tertiary/aromatic N) is 4. The predicted molar refractivity (Wildman–Crippen MR) is 98.9 cm³/mol. The van der Waals surface area contributed by atoms with Gasteiger partial charge in [-0.15, -0.1) is 0 Å². The molecule has 4 rings (SSSR count). The van der Waals surface area contributed by atoms with Gasteiger partial charge in [-0.2, -0.15) is 5.10 Å². The number of hydrogen-bond acceptors (Lipinski definition) is 4. The van der Waals surface area contributed by atoms with Gasteiger partial charge >= 0.3 is 0 Å². The molecule has 0 radical (unpaired) electrons. The molecule has 4 aromatic rings. The smallest absolute Gasteiger partial charge is 0.190 e. The second-order valence-corrected chi connectivity index (χ2v) is 6.29. The summed E-state index contributed by atoms with van der Waals surface area (Å²) in [5.74, 6) is 0. The zero-order valence-electron chi connectivity index (χ0n) is 12.8. The van der Waals surface area contributed by atoms with E-state index in [0.717, 1.165) is 22.3 Å². The third kappa shape index (κ3) is 2.56. The van der Waals surface area contributed by atoms with Gasteiger partial charge < -0.3 is 0 Å². The van der Waals surface area contributed by atoms with E-state index in [1.807, 2.05) is 71.6 Å². The highest BCUT2D eigenvalue weighted by atomic mass is 35.5. The van der Waals surface area contributed by atoms with Crippen LogP contribution in [-0.2, 0) is 0 Å². The number of hydrogen-bond donors (Lipinski definition) is 0. The van der Waals surface area contributed by atoms with Crippen LogP contribution in [0.25, 0.3) is 28.0 Å². The summed E-state index contributed by atoms with van der Waals surface area (Å²) in [4.78, 5) is 9.02. The molecule has 0 aliphatic heterocycles. The lowest BCUT2D eigenvalue weighted by Gasteiger charge is -2.03. The third-order valence-electron chi connectivity index (χ3n) is 3.69. The van der Waals surface area contributed by atoms with E-state index in [0.29, 0.717) is 16.0 Å². The Morgan fingerprint density at radius 3 is 2.25 bits per heavy atom. The maximum atomic E-state index is 6.48. The first-order chi connectivity index (χ1) is 11.8. The van der Waals surface area contributed by atoms with Crippen LogP contribution in [-0.4, -0.2) is 26.0 Å². The van der Waals surface area contributed by atoms with Gasteiger partial charge in [0.05, 0.1) is 11.1 Å². The van der Waals surface area contributed by atoms with Gasteiger partial charge in [0.1, 0.15) is 10.8 Å². The van der Waals surface area contributed by atoms with Crippen molar-refractivity contribution in [1.82, 2.24) is 19.7 Å². The average Bonchev–Trinajstić information content (AvgIpc) is 3.03. The number of fused-ring (bicyclic) bond motifs is 1. The Hall–Kier alpha value is -2.37. The first kappa shape index (κ1) is 15.2. The number of rotatable bonds is 3. The van der Waals surface area contributed by atoms with E-state index < -0.39 is 0 Å². The van der Waals surface area contributed by atoms with E-state index in [1.54, 1.807) is 0 Å². The van der Waals surface area contributed by atoms with Crippen LogP contribution >= 0.6 is 23.4 Å². The van der Waals surface area contributed by atoms with Gasteiger partial charge in [0.15, 0.2) is 10.8 Å². The zero-order valence-corrected chi connectivity index (χ0v) is 14.4. The summed E-state index contributed by atoms with van der Waals surface area (Å²) in [6, 6.07) is 19.9. The fourth-order valence-electron chi connectivity index (χ4n) is 2.60. The molecule has 0 aliphatic rings. The van der Waals surface area contributed by atoms with Crippen LogP contribution in [0.4, 0.5) is 0 Å². The Morgan fingerprint density at radius 1 is 0.917 bits per heavy atom. The summed E-state index contributed by atoms with van der Waals surface area (Å²) in [5, 5.41) is 6.61. The van der Waals surface area contributed by atoms with Gasteiger partial charge in [0.2, 0.25) is 0 Å². The van der Waals surface area contributed by atoms with Crippen molar-refractivity contribution in [3.63, 3.8) is 0 Å². The first-order valence-electron chi connectivity index (χ1n) is 7.39. The molecular weight excluding hydrogens is 340 g/mol. The molecule has 2 aromatic heterocycles. The Balaban J connectivity index is 2.08. The van der Waals surface area contributed by atoms with E-state index in [9.17, 15) is 0 Å². The fraction of sp³-hybridized carbons (Fsp3) is 0.0556. The highest BCUT2D eigenvalue weighted by Crippen LogP contribution is 2.33. The van der Waals surface area contributed by atoms with Gasteiger partial charge in [-0.05, 0) is 18.4 Å². The maximum absolute atomic E-state index is 6.48. The summed E-state index contributed by atoms with van der Waals surface area (Å²) < 4.78 is 1.82. The fourth-order valence-corrected chi connectivity index (χ4v) is 3.26. The standard InChI is InChI=1S/C18H13ClN4S/c1-24-18-20-16(19)14-15(12-8-4-2-5-9-12)22-23(17(14)21-18)13-10-6-3-7-11-13/h2-11H,1H3. The number of thioether (sulfide) groups is 1. The van der Waals surface area contributed by atoms with E-state index in [2.05, 4.69) is 9.97 Å². The summed E-state index contributed by atoms with van der Waals surface area (Å²) in [7, 11) is 0. The summed E-state index contributed by atoms with van der Waals surface area (Å²) >= 11 is 7.94. The highest BCUT2D eigenvalue weighted by Gasteiger charge is 2.19. The molecule has 0 atom stereocenters. The molecular formula is C18H13ClN4S. The summed E-state index contributed by atoms with van der Waals surface area (Å²) in [6.45, 7) is 0. The van der Waals surface area contributed by atoms with E-state index in [1.165, 1.54) is 11.8 Å². The lowest BCUT2D eigenvalue weighted by Crippen LogP contribution is -1.98. The van der Waals surface area contributed by atoms with Crippen molar-refractivity contribution >= 4 is 34.4 Å². The van der Waals surface area contributed by atoms with E-state index >= 15 is 0 Å². The molecule has 0 fully saturated rings. The minimum atomic E-state index is 0.422. The molecule has 0 saturated carbocycles. The van der Waals surface area contributed by atoms with Crippen LogP contribution < -0.4 is 0 Å². The molecule has 0 bridgehead atoms. The molecule has 2 aromatic carbocycles. The molecule has 118 valence electrons. The van der Waals surface area contributed by atoms with Crippen molar-refractivity contribution in [1.29, 1.82) is 0 Å². The van der Waals surface area contributed by atoms with Crippen molar-refractivity contribution in [3.8, 4) is 16.9 Å². The quantitative estimate of drug-likeness (QED) is 0.300. The molecule has 4 nitrogen and oxygen atoms in total. The molecule has 2 heterocycles. The largest absolute Gasteiger partial charge is 0.214 e. The molecule has 0 unspecified atom stereocenters. The van der Waals surface area contributed by atoms with Crippen molar-refractivity contribution in [3.05, 3.63) is 65.8 Å². The third-order valence-corrected chi connectivity index (χ3v) is 4.51. The summed E-state index contributed by atoms with van der Waals surface area (Å²) in [5.41, 5.74) is 3.42. The van der Waals surface area contributed by atoms with E-state index in [-0.39, 0.29) is 0 Å². The minimum Gasteiger partial charge on any atom is -0.214 e. The van der Waals surface area contributed by atoms with Gasteiger partial charge in [0.25, 0.3) is 0 Å². The van der Waals surface area contributed by atoms with Crippen LogP contribution in [0.3, 0.4) is 0 Å². The Labute approximate surface area is 148 Å². The zero-order chi connectivity index (χ0) is 16.5. The lowest BCUT2D eigenvalue weighted by atomic mass is 10.1. The van der Waals surface area contributed by atoms with E-state index in [4.69, 9.17) is 16.7 Å². The molecule has 6 heteroatoms. The van der Waals surface area contributed by atoms with Crippen LogP contribution in [0.1, 0.15) is 0 Å². The van der Waals surface area contributed by atoms with Crippen molar-refractivity contribution in [2.75, 3.05) is 6.26 Å². The Morgan fingerprint density at radius 2 is 1.58 bits per heavy atom. The summed E-state index contributed by atoms with van der Waals surface area (Å²) in [6.07, 6.45) is 1.93. The number of aromatic nitrogens is 4. The van der Waals surface area contributed by atoms with Crippen LogP contribution in [0.15, 0.2) is 65.8 Å². The molecule has 0 saturated heterocycles. The number of benzene rings is 2. The second-order valence-electron chi connectivity index (χ2n) is 5.16. The van der Waals surface area contributed by atoms with Gasteiger partial charge in [-0.25, -0.2) is 14.6 Å². The molecule has 0 spiro atoms. The first-order valence-corrected chi connectivity index (χ1v) is 8.99. The number of halogens is 1.